The van der Waals surface area contributed by atoms with Gasteiger partial charge in [-0.05, 0) is 29.5 Å². The average Bonchev–Trinajstić information content (AvgIpc) is 2.16. The zero-order valence-corrected chi connectivity index (χ0v) is 8.63. The van der Waals surface area contributed by atoms with Crippen molar-refractivity contribution in [3.63, 3.8) is 0 Å². The van der Waals surface area contributed by atoms with Crippen molar-refractivity contribution in [3.8, 4) is 0 Å². The van der Waals surface area contributed by atoms with Gasteiger partial charge in [0, 0.05) is 12.1 Å². The number of rotatable bonds is 1. The lowest BCUT2D eigenvalue weighted by Gasteiger charge is -2.18. The maximum atomic E-state index is 11.1. The summed E-state index contributed by atoms with van der Waals surface area (Å²) >= 11 is 0. The van der Waals surface area contributed by atoms with Gasteiger partial charge in [-0.3, -0.25) is 4.79 Å². The van der Waals surface area contributed by atoms with Crippen molar-refractivity contribution < 1.29 is 4.79 Å². The van der Waals surface area contributed by atoms with Gasteiger partial charge in [0.05, 0.1) is 0 Å². The fourth-order valence-electron chi connectivity index (χ4n) is 1.76. The SMILES string of the molecule is CC(C)c1ccc2c(c1)CCC(=O)N2. The highest BCUT2D eigenvalue weighted by Gasteiger charge is 2.14. The zero-order chi connectivity index (χ0) is 10.1. The Labute approximate surface area is 84.3 Å². The molecule has 2 rings (SSSR count). The van der Waals surface area contributed by atoms with Gasteiger partial charge in [-0.1, -0.05) is 26.0 Å². The highest BCUT2D eigenvalue weighted by Crippen LogP contribution is 2.26. The van der Waals surface area contributed by atoms with Crippen molar-refractivity contribution in [2.75, 3.05) is 5.32 Å². The maximum Gasteiger partial charge on any atom is 0.224 e. The number of carbonyl (C=O) groups excluding carboxylic acids is 1. The van der Waals surface area contributed by atoms with Gasteiger partial charge in [0.15, 0.2) is 0 Å². The van der Waals surface area contributed by atoms with Crippen LogP contribution in [-0.4, -0.2) is 5.91 Å². The van der Waals surface area contributed by atoms with E-state index in [1.54, 1.807) is 0 Å². The van der Waals surface area contributed by atoms with E-state index in [0.717, 1.165) is 12.1 Å². The van der Waals surface area contributed by atoms with Crippen molar-refractivity contribution in [1.29, 1.82) is 0 Å². The molecule has 2 nitrogen and oxygen atoms in total. The Morgan fingerprint density at radius 3 is 2.79 bits per heavy atom. The minimum absolute atomic E-state index is 0.134. The minimum Gasteiger partial charge on any atom is -0.326 e. The zero-order valence-electron chi connectivity index (χ0n) is 8.63. The highest BCUT2D eigenvalue weighted by molar-refractivity contribution is 5.93. The molecule has 1 aromatic carbocycles. The molecule has 0 saturated carbocycles. The van der Waals surface area contributed by atoms with Crippen LogP contribution in [0, 0.1) is 0 Å². The summed E-state index contributed by atoms with van der Waals surface area (Å²) in [5, 5.41) is 2.89. The third-order valence-corrected chi connectivity index (χ3v) is 2.69. The average molecular weight is 189 g/mol. The summed E-state index contributed by atoms with van der Waals surface area (Å²) in [7, 11) is 0. The van der Waals surface area contributed by atoms with Crippen LogP contribution in [0.15, 0.2) is 18.2 Å². The van der Waals surface area contributed by atoms with Crippen LogP contribution in [0.2, 0.25) is 0 Å². The minimum atomic E-state index is 0.134. The van der Waals surface area contributed by atoms with E-state index >= 15 is 0 Å². The van der Waals surface area contributed by atoms with E-state index in [4.69, 9.17) is 0 Å². The molecule has 74 valence electrons. The summed E-state index contributed by atoms with van der Waals surface area (Å²) in [6.07, 6.45) is 1.50. The lowest BCUT2D eigenvalue weighted by molar-refractivity contribution is -0.116. The van der Waals surface area contributed by atoms with Gasteiger partial charge in [-0.2, -0.15) is 0 Å². The van der Waals surface area contributed by atoms with Crippen molar-refractivity contribution in [2.24, 2.45) is 0 Å². The monoisotopic (exact) mass is 189 g/mol. The normalized spacial score (nSPS) is 15.2. The molecule has 0 saturated heterocycles. The predicted molar refractivity (Wildman–Crippen MR) is 57.5 cm³/mol. The topological polar surface area (TPSA) is 29.1 Å². The number of hydrogen-bond donors (Lipinski definition) is 1. The molecule has 0 unspecified atom stereocenters. The smallest absolute Gasteiger partial charge is 0.224 e. The molecular weight excluding hydrogens is 174 g/mol. The number of aryl methyl sites for hydroxylation is 1. The van der Waals surface area contributed by atoms with Crippen LogP contribution in [0.3, 0.4) is 0 Å². The van der Waals surface area contributed by atoms with Crippen molar-refractivity contribution in [2.45, 2.75) is 32.6 Å². The number of carbonyl (C=O) groups is 1. The van der Waals surface area contributed by atoms with E-state index in [2.05, 4.69) is 31.3 Å². The van der Waals surface area contributed by atoms with E-state index in [1.807, 2.05) is 6.07 Å². The molecule has 1 heterocycles. The number of fused-ring (bicyclic) bond motifs is 1. The summed E-state index contributed by atoms with van der Waals surface area (Å²) in [6, 6.07) is 6.32. The second kappa shape index (κ2) is 3.45. The van der Waals surface area contributed by atoms with Gasteiger partial charge in [0.2, 0.25) is 5.91 Å². The van der Waals surface area contributed by atoms with Crippen molar-refractivity contribution in [3.05, 3.63) is 29.3 Å². The third-order valence-electron chi connectivity index (χ3n) is 2.69. The molecular formula is C12H15NO. The van der Waals surface area contributed by atoms with Crippen LogP contribution in [-0.2, 0) is 11.2 Å². The Morgan fingerprint density at radius 1 is 1.29 bits per heavy atom. The van der Waals surface area contributed by atoms with Crippen LogP contribution in [0.5, 0.6) is 0 Å². The molecule has 1 N–H and O–H groups in total. The molecule has 0 aliphatic carbocycles. The fraction of sp³-hybridized carbons (Fsp3) is 0.417. The molecule has 1 aliphatic heterocycles. The lowest BCUT2D eigenvalue weighted by Crippen LogP contribution is -2.19. The van der Waals surface area contributed by atoms with Gasteiger partial charge in [0.1, 0.15) is 0 Å². The van der Waals surface area contributed by atoms with Gasteiger partial charge >= 0.3 is 0 Å². The highest BCUT2D eigenvalue weighted by atomic mass is 16.1. The first-order valence-electron chi connectivity index (χ1n) is 5.09. The summed E-state index contributed by atoms with van der Waals surface area (Å²) in [6.45, 7) is 4.37. The van der Waals surface area contributed by atoms with E-state index in [-0.39, 0.29) is 5.91 Å². The Kier molecular flexibility index (Phi) is 2.28. The van der Waals surface area contributed by atoms with E-state index in [0.29, 0.717) is 12.3 Å². The van der Waals surface area contributed by atoms with Crippen LogP contribution in [0.1, 0.15) is 37.3 Å². The Bertz CT molecular complexity index is 369. The molecule has 0 aromatic heterocycles. The first-order valence-corrected chi connectivity index (χ1v) is 5.09. The van der Waals surface area contributed by atoms with Crippen LogP contribution >= 0.6 is 0 Å². The maximum absolute atomic E-state index is 11.1. The second-order valence-corrected chi connectivity index (χ2v) is 4.12. The van der Waals surface area contributed by atoms with Crippen LogP contribution < -0.4 is 5.32 Å². The summed E-state index contributed by atoms with van der Waals surface area (Å²) < 4.78 is 0. The number of nitrogens with one attached hydrogen (secondary N) is 1. The molecule has 0 radical (unpaired) electrons. The molecule has 2 heteroatoms. The van der Waals surface area contributed by atoms with Gasteiger partial charge in [-0.15, -0.1) is 0 Å². The molecule has 1 amide bonds. The Balaban J connectivity index is 2.36. The molecule has 14 heavy (non-hydrogen) atoms. The van der Waals surface area contributed by atoms with Gasteiger partial charge in [-0.25, -0.2) is 0 Å². The van der Waals surface area contributed by atoms with E-state index in [9.17, 15) is 4.79 Å². The molecule has 0 fully saturated rings. The summed E-state index contributed by atoms with van der Waals surface area (Å²) in [5.41, 5.74) is 3.61. The Hall–Kier alpha value is -1.31. The van der Waals surface area contributed by atoms with Crippen LogP contribution in [0.25, 0.3) is 0 Å². The van der Waals surface area contributed by atoms with Crippen molar-refractivity contribution >= 4 is 11.6 Å². The number of anilines is 1. The molecule has 1 aliphatic rings. The fourth-order valence-corrected chi connectivity index (χ4v) is 1.76. The second-order valence-electron chi connectivity index (χ2n) is 4.12. The third kappa shape index (κ3) is 1.65. The molecule has 0 atom stereocenters. The summed E-state index contributed by atoms with van der Waals surface area (Å²) in [4.78, 5) is 11.1. The Morgan fingerprint density at radius 2 is 2.07 bits per heavy atom. The van der Waals surface area contributed by atoms with E-state index < -0.39 is 0 Å². The molecule has 0 bridgehead atoms. The number of benzene rings is 1. The lowest BCUT2D eigenvalue weighted by atomic mass is 9.95. The summed E-state index contributed by atoms with van der Waals surface area (Å²) in [5.74, 6) is 0.688. The number of amides is 1. The first-order chi connectivity index (χ1) is 6.66. The molecule has 0 spiro atoms. The molecule has 1 aromatic rings. The quantitative estimate of drug-likeness (QED) is 0.723. The predicted octanol–water partition coefficient (Wildman–Crippen LogP) is 2.69. The first kappa shape index (κ1) is 9.25. The van der Waals surface area contributed by atoms with E-state index in [1.165, 1.54) is 11.1 Å². The van der Waals surface area contributed by atoms with Crippen molar-refractivity contribution in [1.82, 2.24) is 0 Å². The van der Waals surface area contributed by atoms with Gasteiger partial charge in [0.25, 0.3) is 0 Å². The largest absolute Gasteiger partial charge is 0.326 e. The van der Waals surface area contributed by atoms with Gasteiger partial charge < -0.3 is 5.32 Å². The van der Waals surface area contributed by atoms with Crippen LogP contribution in [0.4, 0.5) is 5.69 Å². The number of hydrogen-bond acceptors (Lipinski definition) is 1. The standard InChI is InChI=1S/C12H15NO/c1-8(2)9-3-5-11-10(7-9)4-6-12(14)13-11/h3,5,7-8H,4,6H2,1-2H3,(H,13,14).